The average Bonchev–Trinajstić information content (AvgIpc) is 2.34. The molecule has 2 heteroatoms. The van der Waals surface area contributed by atoms with Crippen molar-refractivity contribution in [2.45, 2.75) is 39.2 Å². The van der Waals surface area contributed by atoms with Gasteiger partial charge in [-0.2, -0.15) is 0 Å². The first-order chi connectivity index (χ1) is 8.22. The van der Waals surface area contributed by atoms with E-state index < -0.39 is 0 Å². The van der Waals surface area contributed by atoms with Crippen LogP contribution in [0, 0.1) is 5.92 Å². The van der Waals surface area contributed by atoms with Crippen LogP contribution in [-0.2, 0) is 6.42 Å². The Bertz CT molecular complexity index is 362. The minimum absolute atomic E-state index is 0.599. The van der Waals surface area contributed by atoms with E-state index >= 15 is 0 Å². The Hall–Kier alpha value is -1.02. The summed E-state index contributed by atoms with van der Waals surface area (Å²) in [7, 11) is 0. The summed E-state index contributed by atoms with van der Waals surface area (Å²) in [5.41, 5.74) is 8.56. The van der Waals surface area contributed by atoms with E-state index in [2.05, 4.69) is 43.0 Å². The fourth-order valence-corrected chi connectivity index (χ4v) is 2.82. The van der Waals surface area contributed by atoms with Crippen LogP contribution in [0.15, 0.2) is 24.3 Å². The quantitative estimate of drug-likeness (QED) is 0.865. The zero-order chi connectivity index (χ0) is 12.3. The van der Waals surface area contributed by atoms with Crippen LogP contribution in [0.2, 0.25) is 0 Å². The van der Waals surface area contributed by atoms with Gasteiger partial charge < -0.3 is 10.6 Å². The molecule has 0 aliphatic carbocycles. The van der Waals surface area contributed by atoms with Gasteiger partial charge in [0.15, 0.2) is 0 Å². The van der Waals surface area contributed by atoms with Crippen LogP contribution in [0.25, 0.3) is 0 Å². The number of hydrogen-bond donors (Lipinski definition) is 1. The number of benzene rings is 1. The highest BCUT2D eigenvalue weighted by Gasteiger charge is 2.24. The van der Waals surface area contributed by atoms with Gasteiger partial charge in [-0.25, -0.2) is 0 Å². The third-order valence-corrected chi connectivity index (χ3v) is 3.74. The molecule has 1 aromatic carbocycles. The standard InChI is InChI=1S/C15H24N2/c1-12-10-14-7-3-4-8-15(14)17(11-12)13(2)6-5-9-16/h3-4,7-8,12-13H,5-6,9-11,16H2,1-2H3. The van der Waals surface area contributed by atoms with Crippen LogP contribution in [0.3, 0.4) is 0 Å². The molecule has 1 aromatic rings. The maximum absolute atomic E-state index is 5.61. The maximum Gasteiger partial charge on any atom is 0.0401 e. The third kappa shape index (κ3) is 2.81. The summed E-state index contributed by atoms with van der Waals surface area (Å²) in [4.78, 5) is 2.57. The van der Waals surface area contributed by atoms with Gasteiger partial charge >= 0.3 is 0 Å². The predicted octanol–water partition coefficient (Wildman–Crippen LogP) is 2.81. The Morgan fingerprint density at radius 2 is 2.18 bits per heavy atom. The first-order valence-corrected chi connectivity index (χ1v) is 6.77. The van der Waals surface area contributed by atoms with Crippen molar-refractivity contribution in [2.75, 3.05) is 18.0 Å². The summed E-state index contributed by atoms with van der Waals surface area (Å²) >= 11 is 0. The number of nitrogens with two attached hydrogens (primary N) is 1. The van der Waals surface area contributed by atoms with Crippen molar-refractivity contribution in [2.24, 2.45) is 11.7 Å². The lowest BCUT2D eigenvalue weighted by Gasteiger charge is -2.39. The lowest BCUT2D eigenvalue weighted by Crippen LogP contribution is -2.40. The molecule has 2 rings (SSSR count). The monoisotopic (exact) mass is 232 g/mol. The summed E-state index contributed by atoms with van der Waals surface area (Å²) in [5, 5.41) is 0. The maximum atomic E-state index is 5.61. The molecule has 1 aliphatic rings. The van der Waals surface area contributed by atoms with E-state index in [-0.39, 0.29) is 0 Å². The Morgan fingerprint density at radius 3 is 2.94 bits per heavy atom. The molecule has 0 aromatic heterocycles. The van der Waals surface area contributed by atoms with E-state index in [0.717, 1.165) is 18.9 Å². The highest BCUT2D eigenvalue weighted by atomic mass is 15.2. The van der Waals surface area contributed by atoms with Crippen LogP contribution in [-0.4, -0.2) is 19.1 Å². The Kier molecular flexibility index (Phi) is 4.06. The number of anilines is 1. The number of fused-ring (bicyclic) bond motifs is 1. The lowest BCUT2D eigenvalue weighted by atomic mass is 9.92. The van der Waals surface area contributed by atoms with E-state index in [1.807, 2.05) is 0 Å². The molecule has 2 N–H and O–H groups in total. The molecule has 2 unspecified atom stereocenters. The van der Waals surface area contributed by atoms with Crippen molar-refractivity contribution in [1.29, 1.82) is 0 Å². The van der Waals surface area contributed by atoms with Crippen molar-refractivity contribution in [3.8, 4) is 0 Å². The van der Waals surface area contributed by atoms with Crippen molar-refractivity contribution in [1.82, 2.24) is 0 Å². The SMILES string of the molecule is CC1Cc2ccccc2N(C(C)CCCN)C1. The van der Waals surface area contributed by atoms with Gasteiger partial charge in [-0.3, -0.25) is 0 Å². The van der Waals surface area contributed by atoms with Crippen molar-refractivity contribution >= 4 is 5.69 Å². The lowest BCUT2D eigenvalue weighted by molar-refractivity contribution is 0.474. The highest BCUT2D eigenvalue weighted by molar-refractivity contribution is 5.56. The first-order valence-electron chi connectivity index (χ1n) is 6.77. The number of hydrogen-bond acceptors (Lipinski definition) is 2. The number of nitrogens with zero attached hydrogens (tertiary/aromatic N) is 1. The summed E-state index contributed by atoms with van der Waals surface area (Å²) < 4.78 is 0. The Labute approximate surface area is 105 Å². The Balaban J connectivity index is 2.17. The smallest absolute Gasteiger partial charge is 0.0401 e. The van der Waals surface area contributed by atoms with Gasteiger partial charge in [-0.15, -0.1) is 0 Å². The van der Waals surface area contributed by atoms with Gasteiger partial charge in [0.1, 0.15) is 0 Å². The van der Waals surface area contributed by atoms with E-state index in [0.29, 0.717) is 6.04 Å². The third-order valence-electron chi connectivity index (χ3n) is 3.74. The molecule has 2 atom stereocenters. The van der Waals surface area contributed by atoms with Gasteiger partial charge in [-0.05, 0) is 50.3 Å². The van der Waals surface area contributed by atoms with Gasteiger partial charge in [0.2, 0.25) is 0 Å². The molecule has 0 fully saturated rings. The van der Waals surface area contributed by atoms with E-state index in [1.165, 1.54) is 30.6 Å². The van der Waals surface area contributed by atoms with Crippen LogP contribution in [0.4, 0.5) is 5.69 Å². The fourth-order valence-electron chi connectivity index (χ4n) is 2.82. The molecular formula is C15H24N2. The van der Waals surface area contributed by atoms with Crippen molar-refractivity contribution in [3.05, 3.63) is 29.8 Å². The minimum Gasteiger partial charge on any atom is -0.368 e. The van der Waals surface area contributed by atoms with Crippen LogP contribution >= 0.6 is 0 Å². The van der Waals surface area contributed by atoms with Gasteiger partial charge in [0, 0.05) is 18.3 Å². The van der Waals surface area contributed by atoms with Crippen molar-refractivity contribution < 1.29 is 0 Å². The van der Waals surface area contributed by atoms with Crippen LogP contribution in [0.1, 0.15) is 32.3 Å². The molecule has 0 saturated heterocycles. The molecule has 2 nitrogen and oxygen atoms in total. The Morgan fingerprint density at radius 1 is 1.41 bits per heavy atom. The predicted molar refractivity (Wildman–Crippen MR) is 74.4 cm³/mol. The molecule has 0 saturated carbocycles. The summed E-state index contributed by atoms with van der Waals surface area (Å²) in [6, 6.07) is 9.44. The summed E-state index contributed by atoms with van der Waals surface area (Å²) in [6.07, 6.45) is 3.53. The first kappa shape index (κ1) is 12.4. The molecular weight excluding hydrogens is 208 g/mol. The largest absolute Gasteiger partial charge is 0.368 e. The molecule has 17 heavy (non-hydrogen) atoms. The molecule has 0 spiro atoms. The van der Waals surface area contributed by atoms with Gasteiger partial charge in [0.25, 0.3) is 0 Å². The molecule has 1 aliphatic heterocycles. The van der Waals surface area contributed by atoms with Crippen LogP contribution in [0.5, 0.6) is 0 Å². The fraction of sp³-hybridized carbons (Fsp3) is 0.600. The second-order valence-electron chi connectivity index (χ2n) is 5.37. The zero-order valence-corrected chi connectivity index (χ0v) is 11.0. The van der Waals surface area contributed by atoms with Crippen molar-refractivity contribution in [3.63, 3.8) is 0 Å². The van der Waals surface area contributed by atoms with E-state index in [9.17, 15) is 0 Å². The van der Waals surface area contributed by atoms with Gasteiger partial charge in [0.05, 0.1) is 0 Å². The summed E-state index contributed by atoms with van der Waals surface area (Å²) in [6.45, 7) is 6.65. The highest BCUT2D eigenvalue weighted by Crippen LogP contribution is 2.31. The minimum atomic E-state index is 0.599. The topological polar surface area (TPSA) is 29.3 Å². The van der Waals surface area contributed by atoms with Gasteiger partial charge in [-0.1, -0.05) is 25.1 Å². The molecule has 1 heterocycles. The molecule has 0 amide bonds. The van der Waals surface area contributed by atoms with Crippen LogP contribution < -0.4 is 10.6 Å². The number of rotatable bonds is 4. The van der Waals surface area contributed by atoms with E-state index in [4.69, 9.17) is 5.73 Å². The zero-order valence-electron chi connectivity index (χ0n) is 11.0. The second kappa shape index (κ2) is 5.54. The van der Waals surface area contributed by atoms with E-state index in [1.54, 1.807) is 0 Å². The molecule has 0 bridgehead atoms. The molecule has 0 radical (unpaired) electrons. The average molecular weight is 232 g/mol. The number of para-hydroxylation sites is 1. The summed E-state index contributed by atoms with van der Waals surface area (Å²) in [5.74, 6) is 0.755. The second-order valence-corrected chi connectivity index (χ2v) is 5.37. The normalized spacial score (nSPS) is 21.1. The molecule has 94 valence electrons.